The number of unbranched alkanes of at least 4 members (excludes halogenated alkanes) is 13. The number of sulfonamides is 1. The van der Waals surface area contributed by atoms with Gasteiger partial charge in [0.1, 0.15) is 12.2 Å². The average molecular weight is 527 g/mol. The van der Waals surface area contributed by atoms with Crippen LogP contribution >= 0.6 is 0 Å². The van der Waals surface area contributed by atoms with Crippen molar-refractivity contribution < 1.29 is 27.5 Å². The number of nitrogens with one attached hydrogen (secondary N) is 1. The maximum atomic E-state index is 12.2. The first-order valence-electron chi connectivity index (χ1n) is 13.5. The van der Waals surface area contributed by atoms with Crippen LogP contribution in [-0.2, 0) is 24.3 Å². The van der Waals surface area contributed by atoms with Crippen molar-refractivity contribution in [2.45, 2.75) is 115 Å². The normalized spacial score (nSPS) is 11.3. The van der Waals surface area contributed by atoms with E-state index in [1.165, 1.54) is 88.8 Å². The van der Waals surface area contributed by atoms with Crippen LogP contribution in [0.5, 0.6) is 5.75 Å². The van der Waals surface area contributed by atoms with Crippen LogP contribution < -0.4 is 15.2 Å². The highest BCUT2D eigenvalue weighted by molar-refractivity contribution is 7.89. The predicted molar refractivity (Wildman–Crippen MR) is 144 cm³/mol. The molecule has 3 N–H and O–H groups in total. The molecule has 0 atom stereocenters. The number of esters is 1. The molecule has 8 nitrogen and oxygen atoms in total. The third kappa shape index (κ3) is 15.1. The number of anilines is 1. The third-order valence-electron chi connectivity index (χ3n) is 5.92. The maximum Gasteiger partial charge on any atom is 0.315 e. The highest BCUT2D eigenvalue weighted by Crippen LogP contribution is 2.28. The number of hydrogen-bond acceptors (Lipinski definition) is 6. The quantitative estimate of drug-likeness (QED) is 0.113. The van der Waals surface area contributed by atoms with E-state index in [0.29, 0.717) is 12.4 Å². The van der Waals surface area contributed by atoms with Gasteiger partial charge in [0.2, 0.25) is 15.9 Å². The second-order valence-corrected chi connectivity index (χ2v) is 10.7. The lowest BCUT2D eigenvalue weighted by Crippen LogP contribution is -2.19. The van der Waals surface area contributed by atoms with Gasteiger partial charge in [-0.3, -0.25) is 9.59 Å². The molecule has 0 saturated heterocycles. The van der Waals surface area contributed by atoms with Crippen LogP contribution in [-0.4, -0.2) is 33.5 Å². The number of carbonyl (C=O) groups is 2. The lowest BCUT2D eigenvalue weighted by molar-refractivity contribution is -0.145. The van der Waals surface area contributed by atoms with E-state index in [1.807, 2.05) is 0 Å². The molecule has 0 aliphatic carbocycles. The van der Waals surface area contributed by atoms with Gasteiger partial charge in [-0.25, -0.2) is 13.6 Å². The van der Waals surface area contributed by atoms with Crippen molar-refractivity contribution in [2.75, 3.05) is 18.5 Å². The average Bonchev–Trinajstić information content (AvgIpc) is 2.81. The van der Waals surface area contributed by atoms with E-state index >= 15 is 0 Å². The first-order chi connectivity index (χ1) is 17.3. The minimum absolute atomic E-state index is 0.154. The van der Waals surface area contributed by atoms with Gasteiger partial charge in [-0.05, 0) is 31.5 Å². The van der Waals surface area contributed by atoms with Crippen molar-refractivity contribution in [2.24, 2.45) is 5.14 Å². The van der Waals surface area contributed by atoms with Crippen LogP contribution in [0.15, 0.2) is 23.1 Å². The first kappa shape index (κ1) is 31.9. The Kier molecular flexibility index (Phi) is 16.9. The van der Waals surface area contributed by atoms with Crippen molar-refractivity contribution in [3.63, 3.8) is 0 Å². The molecular formula is C27H46N2O6S. The number of benzene rings is 1. The predicted octanol–water partition coefficient (Wildman–Crippen LogP) is 6.09. The Morgan fingerprint density at radius 2 is 1.36 bits per heavy atom. The van der Waals surface area contributed by atoms with E-state index in [9.17, 15) is 18.0 Å². The first-order valence-corrected chi connectivity index (χ1v) is 15.1. The van der Waals surface area contributed by atoms with Crippen LogP contribution in [0.2, 0.25) is 0 Å². The fourth-order valence-corrected chi connectivity index (χ4v) is 4.47. The van der Waals surface area contributed by atoms with Crippen LogP contribution in [0, 0.1) is 0 Å². The summed E-state index contributed by atoms with van der Waals surface area (Å²) in [6.07, 6.45) is 17.2. The zero-order valence-corrected chi connectivity index (χ0v) is 23.0. The largest absolute Gasteiger partial charge is 0.491 e. The molecule has 0 heterocycles. The van der Waals surface area contributed by atoms with Crippen molar-refractivity contribution in [1.29, 1.82) is 0 Å². The van der Waals surface area contributed by atoms with Crippen molar-refractivity contribution in [1.82, 2.24) is 0 Å². The smallest absolute Gasteiger partial charge is 0.315 e. The molecule has 0 aliphatic rings. The second-order valence-electron chi connectivity index (χ2n) is 9.18. The molecule has 36 heavy (non-hydrogen) atoms. The molecule has 0 fully saturated rings. The van der Waals surface area contributed by atoms with Gasteiger partial charge < -0.3 is 14.8 Å². The Balaban J connectivity index is 2.33. The van der Waals surface area contributed by atoms with Crippen molar-refractivity contribution in [3.05, 3.63) is 18.2 Å². The summed E-state index contributed by atoms with van der Waals surface area (Å²) in [7, 11) is -3.96. The number of carbonyl (C=O) groups excluding carboxylic acids is 2. The van der Waals surface area contributed by atoms with Gasteiger partial charge in [0.05, 0.1) is 23.8 Å². The van der Waals surface area contributed by atoms with Crippen LogP contribution in [0.4, 0.5) is 5.69 Å². The Morgan fingerprint density at radius 3 is 1.86 bits per heavy atom. The lowest BCUT2D eigenvalue weighted by atomic mass is 10.0. The highest BCUT2D eigenvalue weighted by atomic mass is 32.2. The summed E-state index contributed by atoms with van der Waals surface area (Å²) in [5.74, 6) is -0.960. The summed E-state index contributed by atoms with van der Waals surface area (Å²) in [6, 6.07) is 4.03. The van der Waals surface area contributed by atoms with E-state index in [1.54, 1.807) is 6.92 Å². The molecule has 1 aromatic rings. The molecular weight excluding hydrogens is 480 g/mol. The highest BCUT2D eigenvalue weighted by Gasteiger charge is 2.16. The molecule has 9 heteroatoms. The molecule has 0 aromatic heterocycles. The molecule has 206 valence electrons. The van der Waals surface area contributed by atoms with Gasteiger partial charge >= 0.3 is 5.97 Å². The van der Waals surface area contributed by atoms with Gasteiger partial charge in [0.25, 0.3) is 0 Å². The van der Waals surface area contributed by atoms with E-state index in [-0.39, 0.29) is 17.2 Å². The van der Waals surface area contributed by atoms with Crippen molar-refractivity contribution >= 4 is 27.6 Å². The molecule has 0 aliphatic heterocycles. The van der Waals surface area contributed by atoms with Gasteiger partial charge in [0.15, 0.2) is 0 Å². The van der Waals surface area contributed by atoms with Crippen LogP contribution in [0.3, 0.4) is 0 Å². The van der Waals surface area contributed by atoms with Crippen LogP contribution in [0.1, 0.15) is 110 Å². The van der Waals surface area contributed by atoms with Gasteiger partial charge in [0, 0.05) is 0 Å². The Hall–Kier alpha value is -2.13. The number of ether oxygens (including phenoxy) is 2. The number of amides is 1. The number of hydrogen-bond donors (Lipinski definition) is 2. The fourth-order valence-electron chi connectivity index (χ4n) is 3.93. The Labute approximate surface area is 217 Å². The van der Waals surface area contributed by atoms with Gasteiger partial charge in [-0.15, -0.1) is 0 Å². The third-order valence-corrected chi connectivity index (χ3v) is 6.83. The summed E-state index contributed by atoms with van der Waals surface area (Å²) in [5.41, 5.74) is 0.154. The van der Waals surface area contributed by atoms with E-state index in [4.69, 9.17) is 14.6 Å². The molecule has 1 amide bonds. The summed E-state index contributed by atoms with van der Waals surface area (Å²) >= 11 is 0. The zero-order valence-electron chi connectivity index (χ0n) is 22.2. The minimum atomic E-state index is -3.96. The molecule has 0 saturated carbocycles. The summed E-state index contributed by atoms with van der Waals surface area (Å²) in [4.78, 5) is 23.6. The lowest BCUT2D eigenvalue weighted by Gasteiger charge is -2.14. The van der Waals surface area contributed by atoms with Crippen molar-refractivity contribution in [3.8, 4) is 5.75 Å². The summed E-state index contributed by atoms with van der Waals surface area (Å²) in [5, 5.41) is 7.74. The fraction of sp³-hybridized carbons (Fsp3) is 0.704. The second kappa shape index (κ2) is 19.0. The van der Waals surface area contributed by atoms with E-state index in [0.717, 1.165) is 19.3 Å². The Morgan fingerprint density at radius 1 is 0.833 bits per heavy atom. The van der Waals surface area contributed by atoms with E-state index in [2.05, 4.69) is 12.2 Å². The number of rotatable bonds is 21. The van der Waals surface area contributed by atoms with E-state index < -0.39 is 28.3 Å². The van der Waals surface area contributed by atoms with Gasteiger partial charge in [-0.2, -0.15) is 0 Å². The monoisotopic (exact) mass is 526 g/mol. The number of nitrogens with two attached hydrogens (primary N) is 1. The topological polar surface area (TPSA) is 125 Å². The Bertz CT molecular complexity index is 873. The molecule has 0 spiro atoms. The molecule has 0 unspecified atom stereocenters. The van der Waals surface area contributed by atoms with Gasteiger partial charge in [-0.1, -0.05) is 90.4 Å². The zero-order chi connectivity index (χ0) is 26.7. The van der Waals surface area contributed by atoms with Crippen LogP contribution in [0.25, 0.3) is 0 Å². The molecule has 1 aromatic carbocycles. The number of primary sulfonamides is 1. The SMILES string of the molecule is CCCCCCCCCCCCCCCCOc1ccc(S(N)(=O)=O)cc1NC(=O)CC(=O)OCC. The molecule has 0 bridgehead atoms. The summed E-state index contributed by atoms with van der Waals surface area (Å²) in [6.45, 7) is 4.50. The minimum Gasteiger partial charge on any atom is -0.491 e. The molecule has 0 radical (unpaired) electrons. The standard InChI is InChI=1S/C27H46N2O6S/c1-3-5-6-7-8-9-10-11-12-13-14-15-16-17-20-35-25-19-18-23(36(28,32)33)21-24(25)29-26(30)22-27(31)34-4-2/h18-19,21H,3-17,20,22H2,1-2H3,(H,29,30)(H2,28,32,33). The molecule has 1 rings (SSSR count). The summed E-state index contributed by atoms with van der Waals surface area (Å²) < 4.78 is 34.0. The maximum absolute atomic E-state index is 12.2.